The highest BCUT2D eigenvalue weighted by molar-refractivity contribution is 7.99. The monoisotopic (exact) mass is 412 g/mol. The Bertz CT molecular complexity index is 949. The first kappa shape index (κ1) is 18.9. The molecule has 6 nitrogen and oxygen atoms in total. The van der Waals surface area contributed by atoms with Crippen molar-refractivity contribution >= 4 is 40.8 Å². The van der Waals surface area contributed by atoms with Crippen LogP contribution in [0.25, 0.3) is 0 Å². The number of thiocarbonyl (C=S) groups is 1. The van der Waals surface area contributed by atoms with Crippen LogP contribution in [0.3, 0.4) is 0 Å². The van der Waals surface area contributed by atoms with Gasteiger partial charge in [0.1, 0.15) is 10.9 Å². The van der Waals surface area contributed by atoms with Crippen LogP contribution in [0.4, 0.5) is 0 Å². The lowest BCUT2D eigenvalue weighted by Gasteiger charge is -2.29. The number of nitrogens with zero attached hydrogens (tertiary/aromatic N) is 2. The molecule has 0 radical (unpaired) electrons. The van der Waals surface area contributed by atoms with E-state index >= 15 is 0 Å². The van der Waals surface area contributed by atoms with Crippen molar-refractivity contribution in [1.82, 2.24) is 20.9 Å². The lowest BCUT2D eigenvalue weighted by atomic mass is 10.1. The van der Waals surface area contributed by atoms with Crippen LogP contribution in [0, 0.1) is 5.92 Å². The number of nitrogens with one attached hydrogen (secondary N) is 2. The Hall–Kier alpha value is -2.42. The number of carbonyl (C=O) groups excluding carboxylic acids is 2. The van der Waals surface area contributed by atoms with E-state index in [1.165, 1.54) is 4.90 Å². The molecule has 0 spiro atoms. The van der Waals surface area contributed by atoms with E-state index in [1.807, 2.05) is 47.5 Å². The Morgan fingerprint density at radius 3 is 2.46 bits per heavy atom. The van der Waals surface area contributed by atoms with Gasteiger partial charge in [-0.3, -0.25) is 25.4 Å². The maximum absolute atomic E-state index is 12.6. The minimum absolute atomic E-state index is 0.333. The molecule has 1 atom stereocenters. The lowest BCUT2D eigenvalue weighted by molar-refractivity contribution is -0.139. The molecule has 2 aromatic carbocycles. The standard InChI is InChI=1S/C20H20N4O2S2/c1-13(18(25)21-23-10-15-7-3-5-9-17(15)28-12-23)19(26)22-24-11-14-6-2-4-8-16(14)20(24)27/h2-9,13H,10-12H2,1H3,(H,21,25)(H,22,26). The Morgan fingerprint density at radius 1 is 1.00 bits per heavy atom. The van der Waals surface area contributed by atoms with Crippen molar-refractivity contribution in [1.29, 1.82) is 0 Å². The predicted molar refractivity (Wildman–Crippen MR) is 112 cm³/mol. The third-order valence-electron chi connectivity index (χ3n) is 4.83. The zero-order chi connectivity index (χ0) is 19.7. The van der Waals surface area contributed by atoms with Crippen LogP contribution < -0.4 is 10.9 Å². The third-order valence-corrected chi connectivity index (χ3v) is 6.42. The molecular formula is C20H20N4O2S2. The summed E-state index contributed by atoms with van der Waals surface area (Å²) in [5.74, 6) is -0.908. The highest BCUT2D eigenvalue weighted by Crippen LogP contribution is 2.29. The van der Waals surface area contributed by atoms with E-state index in [0.29, 0.717) is 24.0 Å². The number of hydrazine groups is 2. The summed E-state index contributed by atoms with van der Waals surface area (Å²) in [4.78, 5) is 26.9. The SMILES string of the molecule is CC(C(=O)NN1CSc2ccccc2C1)C(=O)NN1Cc2ccccc2C1=S. The van der Waals surface area contributed by atoms with E-state index in [4.69, 9.17) is 12.2 Å². The third kappa shape index (κ3) is 3.76. The molecular weight excluding hydrogens is 392 g/mol. The second kappa shape index (κ2) is 7.90. The van der Waals surface area contributed by atoms with Gasteiger partial charge < -0.3 is 0 Å². The molecule has 28 heavy (non-hydrogen) atoms. The summed E-state index contributed by atoms with van der Waals surface area (Å²) in [6.07, 6.45) is 0. The Morgan fingerprint density at radius 2 is 1.68 bits per heavy atom. The minimum atomic E-state index is -0.839. The van der Waals surface area contributed by atoms with Crippen molar-refractivity contribution in [2.24, 2.45) is 5.92 Å². The van der Waals surface area contributed by atoms with E-state index < -0.39 is 5.92 Å². The molecule has 0 aliphatic carbocycles. The van der Waals surface area contributed by atoms with E-state index in [1.54, 1.807) is 23.7 Å². The van der Waals surface area contributed by atoms with Gasteiger partial charge >= 0.3 is 0 Å². The van der Waals surface area contributed by atoms with E-state index in [-0.39, 0.29) is 11.8 Å². The summed E-state index contributed by atoms with van der Waals surface area (Å²) in [7, 11) is 0. The lowest BCUT2D eigenvalue weighted by Crippen LogP contribution is -2.51. The molecule has 2 amide bonds. The number of carbonyl (C=O) groups is 2. The number of hydrogen-bond donors (Lipinski definition) is 2. The van der Waals surface area contributed by atoms with Crippen molar-refractivity contribution in [2.45, 2.75) is 24.9 Å². The van der Waals surface area contributed by atoms with Gasteiger partial charge in [0.25, 0.3) is 5.91 Å². The van der Waals surface area contributed by atoms with E-state index in [9.17, 15) is 9.59 Å². The molecule has 0 saturated heterocycles. The van der Waals surface area contributed by atoms with Gasteiger partial charge in [0.2, 0.25) is 5.91 Å². The van der Waals surface area contributed by atoms with Crippen molar-refractivity contribution in [3.63, 3.8) is 0 Å². The Labute approximate surface area is 173 Å². The van der Waals surface area contributed by atoms with Gasteiger partial charge in [-0.2, -0.15) is 0 Å². The molecule has 2 aromatic rings. The van der Waals surface area contributed by atoms with Gasteiger partial charge in [-0.05, 0) is 24.1 Å². The summed E-state index contributed by atoms with van der Waals surface area (Å²) >= 11 is 7.10. The molecule has 8 heteroatoms. The molecule has 2 aliphatic heterocycles. The van der Waals surface area contributed by atoms with Crippen LogP contribution in [-0.4, -0.2) is 32.7 Å². The average Bonchev–Trinajstić information content (AvgIpc) is 3.03. The van der Waals surface area contributed by atoms with Crippen molar-refractivity contribution < 1.29 is 9.59 Å². The summed E-state index contributed by atoms with van der Waals surface area (Å²) in [5.41, 5.74) is 8.80. The number of benzene rings is 2. The fraction of sp³-hybridized carbons (Fsp3) is 0.250. The molecule has 144 valence electrons. The van der Waals surface area contributed by atoms with Crippen LogP contribution >= 0.6 is 24.0 Å². The van der Waals surface area contributed by atoms with Crippen molar-refractivity contribution in [3.05, 3.63) is 65.2 Å². The van der Waals surface area contributed by atoms with Crippen LogP contribution in [0.5, 0.6) is 0 Å². The molecule has 0 fully saturated rings. The molecule has 2 aliphatic rings. The zero-order valence-electron chi connectivity index (χ0n) is 15.3. The normalized spacial score (nSPS) is 16.9. The first-order chi connectivity index (χ1) is 13.5. The van der Waals surface area contributed by atoms with Gasteiger partial charge in [0.15, 0.2) is 0 Å². The van der Waals surface area contributed by atoms with E-state index in [2.05, 4.69) is 16.9 Å². The van der Waals surface area contributed by atoms with Crippen molar-refractivity contribution in [3.8, 4) is 0 Å². The highest BCUT2D eigenvalue weighted by Gasteiger charge is 2.30. The van der Waals surface area contributed by atoms with Gasteiger partial charge in [0.05, 0.1) is 12.4 Å². The fourth-order valence-corrected chi connectivity index (χ4v) is 4.44. The molecule has 4 rings (SSSR count). The fourth-order valence-electron chi connectivity index (χ4n) is 3.19. The van der Waals surface area contributed by atoms with Gasteiger partial charge in [-0.25, -0.2) is 5.01 Å². The largest absolute Gasteiger partial charge is 0.287 e. The van der Waals surface area contributed by atoms with Crippen molar-refractivity contribution in [2.75, 3.05) is 5.88 Å². The van der Waals surface area contributed by atoms with Gasteiger partial charge in [-0.1, -0.05) is 54.7 Å². The highest BCUT2D eigenvalue weighted by atomic mass is 32.2. The average molecular weight is 413 g/mol. The summed E-state index contributed by atoms with van der Waals surface area (Å²) < 4.78 is 0. The summed E-state index contributed by atoms with van der Waals surface area (Å²) in [6, 6.07) is 15.9. The second-order valence-corrected chi connectivity index (χ2v) is 8.17. The maximum Gasteiger partial charge on any atom is 0.250 e. The van der Waals surface area contributed by atoms with Crippen LogP contribution in [0.2, 0.25) is 0 Å². The molecule has 0 bridgehead atoms. The smallest absolute Gasteiger partial charge is 0.250 e. The number of thioether (sulfide) groups is 1. The van der Waals surface area contributed by atoms with Crippen LogP contribution in [0.1, 0.15) is 23.6 Å². The summed E-state index contributed by atoms with van der Waals surface area (Å²) in [5, 5.41) is 3.45. The predicted octanol–water partition coefficient (Wildman–Crippen LogP) is 2.44. The molecule has 1 unspecified atom stereocenters. The first-order valence-corrected chi connectivity index (χ1v) is 10.4. The number of rotatable bonds is 4. The molecule has 0 saturated carbocycles. The number of amides is 2. The molecule has 2 N–H and O–H groups in total. The Kier molecular flexibility index (Phi) is 5.34. The van der Waals surface area contributed by atoms with Crippen LogP contribution in [-0.2, 0) is 22.7 Å². The van der Waals surface area contributed by atoms with Gasteiger partial charge in [0, 0.05) is 17.0 Å². The summed E-state index contributed by atoms with van der Waals surface area (Å²) in [6.45, 7) is 2.73. The zero-order valence-corrected chi connectivity index (χ0v) is 17.0. The number of hydrogen-bond acceptors (Lipinski definition) is 5. The topological polar surface area (TPSA) is 64.7 Å². The van der Waals surface area contributed by atoms with Gasteiger partial charge in [-0.15, -0.1) is 11.8 Å². The molecule has 2 heterocycles. The molecule has 0 aromatic heterocycles. The Balaban J connectivity index is 1.33. The first-order valence-electron chi connectivity index (χ1n) is 8.99. The number of fused-ring (bicyclic) bond motifs is 2. The second-order valence-electron chi connectivity index (χ2n) is 6.80. The minimum Gasteiger partial charge on any atom is -0.287 e. The van der Waals surface area contributed by atoms with E-state index in [0.717, 1.165) is 16.7 Å². The van der Waals surface area contributed by atoms with Crippen LogP contribution in [0.15, 0.2) is 53.4 Å². The maximum atomic E-state index is 12.6. The quantitative estimate of drug-likeness (QED) is 0.594.